The lowest BCUT2D eigenvalue weighted by Gasteiger charge is -2.05. The molecule has 1 aliphatic rings. The topological polar surface area (TPSA) is 46.5 Å². The van der Waals surface area contributed by atoms with Gasteiger partial charge in [-0.05, 0) is 29.5 Å². The van der Waals surface area contributed by atoms with E-state index in [0.717, 1.165) is 6.42 Å². The molecule has 2 rings (SSSR count). The van der Waals surface area contributed by atoms with Crippen molar-refractivity contribution < 1.29 is 14.6 Å². The van der Waals surface area contributed by atoms with Crippen molar-refractivity contribution in [3.05, 3.63) is 34.9 Å². The molecule has 15 heavy (non-hydrogen) atoms. The highest BCUT2D eigenvalue weighted by molar-refractivity contribution is 5.66. The van der Waals surface area contributed by atoms with Crippen LogP contribution in [0, 0.1) is 0 Å². The van der Waals surface area contributed by atoms with Gasteiger partial charge >= 0.3 is 5.97 Å². The van der Waals surface area contributed by atoms with Gasteiger partial charge in [0.15, 0.2) is 0 Å². The largest absolute Gasteiger partial charge is 0.481 e. The number of aryl methyl sites for hydroxylation is 1. The zero-order valence-electron chi connectivity index (χ0n) is 8.53. The van der Waals surface area contributed by atoms with Crippen LogP contribution in [0.15, 0.2) is 18.2 Å². The Morgan fingerprint density at radius 1 is 1.40 bits per heavy atom. The summed E-state index contributed by atoms with van der Waals surface area (Å²) in [5.74, 6) is -0.723. The van der Waals surface area contributed by atoms with Crippen molar-refractivity contribution in [3.63, 3.8) is 0 Å². The maximum Gasteiger partial charge on any atom is 0.303 e. The van der Waals surface area contributed by atoms with Gasteiger partial charge in [0.25, 0.3) is 0 Å². The van der Waals surface area contributed by atoms with Crippen LogP contribution in [0.25, 0.3) is 0 Å². The third-order valence-electron chi connectivity index (χ3n) is 2.71. The minimum Gasteiger partial charge on any atom is -0.481 e. The molecule has 0 saturated carbocycles. The first-order valence-corrected chi connectivity index (χ1v) is 5.16. The van der Waals surface area contributed by atoms with E-state index in [0.29, 0.717) is 19.6 Å². The standard InChI is InChI=1S/C12H14O3/c13-12(14)6-2-4-9-3-1-5-10-7-15-8-11(9)10/h1,3,5H,2,4,6-8H2,(H,13,14). The number of rotatable bonds is 4. The van der Waals surface area contributed by atoms with Gasteiger partial charge in [-0.2, -0.15) is 0 Å². The number of hydrogen-bond acceptors (Lipinski definition) is 2. The fraction of sp³-hybridized carbons (Fsp3) is 0.417. The number of hydrogen-bond donors (Lipinski definition) is 1. The number of aliphatic carboxylic acids is 1. The van der Waals surface area contributed by atoms with E-state index in [1.54, 1.807) is 0 Å². The Morgan fingerprint density at radius 3 is 3.07 bits per heavy atom. The van der Waals surface area contributed by atoms with E-state index in [2.05, 4.69) is 12.1 Å². The molecular weight excluding hydrogens is 192 g/mol. The second kappa shape index (κ2) is 4.45. The van der Waals surface area contributed by atoms with Crippen LogP contribution in [0.3, 0.4) is 0 Å². The van der Waals surface area contributed by atoms with Gasteiger partial charge in [-0.25, -0.2) is 0 Å². The predicted octanol–water partition coefficient (Wildman–Crippen LogP) is 2.12. The van der Waals surface area contributed by atoms with Crippen LogP contribution in [-0.2, 0) is 29.2 Å². The van der Waals surface area contributed by atoms with Crippen molar-refractivity contribution in [1.29, 1.82) is 0 Å². The molecule has 0 spiro atoms. The highest BCUT2D eigenvalue weighted by Crippen LogP contribution is 2.24. The van der Waals surface area contributed by atoms with Gasteiger partial charge in [0.1, 0.15) is 0 Å². The molecule has 3 heteroatoms. The number of carbonyl (C=O) groups is 1. The average Bonchev–Trinajstić information content (AvgIpc) is 2.65. The summed E-state index contributed by atoms with van der Waals surface area (Å²) in [6.07, 6.45) is 1.77. The maximum atomic E-state index is 10.4. The lowest BCUT2D eigenvalue weighted by Crippen LogP contribution is -1.98. The molecule has 0 aliphatic carbocycles. The van der Waals surface area contributed by atoms with Gasteiger partial charge < -0.3 is 9.84 Å². The average molecular weight is 206 g/mol. The SMILES string of the molecule is O=C(O)CCCc1cccc2c1COC2. The Hall–Kier alpha value is -1.35. The molecule has 0 bridgehead atoms. The van der Waals surface area contributed by atoms with Gasteiger partial charge in [0.2, 0.25) is 0 Å². The van der Waals surface area contributed by atoms with Gasteiger partial charge in [0.05, 0.1) is 13.2 Å². The highest BCUT2D eigenvalue weighted by Gasteiger charge is 2.14. The van der Waals surface area contributed by atoms with Crippen molar-refractivity contribution >= 4 is 5.97 Å². The molecule has 0 aromatic heterocycles. The van der Waals surface area contributed by atoms with E-state index in [4.69, 9.17) is 9.84 Å². The summed E-state index contributed by atoms with van der Waals surface area (Å²) in [7, 11) is 0. The molecule has 80 valence electrons. The predicted molar refractivity (Wildman–Crippen MR) is 55.5 cm³/mol. The first-order chi connectivity index (χ1) is 7.27. The van der Waals surface area contributed by atoms with Crippen LogP contribution < -0.4 is 0 Å². The Bertz CT molecular complexity index is 371. The summed E-state index contributed by atoms with van der Waals surface area (Å²) in [6, 6.07) is 6.15. The summed E-state index contributed by atoms with van der Waals surface area (Å²) in [4.78, 5) is 10.4. The van der Waals surface area contributed by atoms with Crippen molar-refractivity contribution in [2.75, 3.05) is 0 Å². The molecule has 1 N–H and O–H groups in total. The van der Waals surface area contributed by atoms with Crippen LogP contribution in [0.5, 0.6) is 0 Å². The summed E-state index contributed by atoms with van der Waals surface area (Å²) >= 11 is 0. The van der Waals surface area contributed by atoms with Crippen LogP contribution in [0.4, 0.5) is 0 Å². The number of carboxylic acids is 1. The Morgan fingerprint density at radius 2 is 2.27 bits per heavy atom. The normalized spacial score (nSPS) is 13.9. The second-order valence-electron chi connectivity index (χ2n) is 3.79. The quantitative estimate of drug-likeness (QED) is 0.820. The minimum atomic E-state index is -0.723. The highest BCUT2D eigenvalue weighted by atomic mass is 16.5. The molecule has 1 aromatic rings. The first kappa shape index (κ1) is 10.2. The Labute approximate surface area is 88.7 Å². The first-order valence-electron chi connectivity index (χ1n) is 5.16. The number of ether oxygens (including phenoxy) is 1. The fourth-order valence-electron chi connectivity index (χ4n) is 1.94. The zero-order chi connectivity index (χ0) is 10.7. The molecular formula is C12H14O3. The summed E-state index contributed by atoms with van der Waals surface area (Å²) in [6.45, 7) is 1.38. The Kier molecular flexibility index (Phi) is 3.02. The molecule has 0 amide bonds. The van der Waals surface area contributed by atoms with E-state index in [1.165, 1.54) is 16.7 Å². The number of benzene rings is 1. The summed E-state index contributed by atoms with van der Waals surface area (Å²) in [5, 5.41) is 8.56. The smallest absolute Gasteiger partial charge is 0.303 e. The van der Waals surface area contributed by atoms with Gasteiger partial charge in [0, 0.05) is 6.42 Å². The van der Waals surface area contributed by atoms with E-state index in [1.807, 2.05) is 6.07 Å². The molecule has 3 nitrogen and oxygen atoms in total. The molecule has 0 unspecified atom stereocenters. The fourth-order valence-corrected chi connectivity index (χ4v) is 1.94. The van der Waals surface area contributed by atoms with Gasteiger partial charge in [-0.3, -0.25) is 4.79 Å². The number of carboxylic acid groups (broad SMARTS) is 1. The number of fused-ring (bicyclic) bond motifs is 1. The van der Waals surface area contributed by atoms with E-state index in [9.17, 15) is 4.79 Å². The third-order valence-corrected chi connectivity index (χ3v) is 2.71. The zero-order valence-corrected chi connectivity index (χ0v) is 8.53. The van der Waals surface area contributed by atoms with Crippen molar-refractivity contribution in [2.45, 2.75) is 32.5 Å². The van der Waals surface area contributed by atoms with Crippen LogP contribution in [-0.4, -0.2) is 11.1 Å². The monoisotopic (exact) mass is 206 g/mol. The second-order valence-corrected chi connectivity index (χ2v) is 3.79. The summed E-state index contributed by atoms with van der Waals surface area (Å²) in [5.41, 5.74) is 3.76. The van der Waals surface area contributed by atoms with Gasteiger partial charge in [-0.1, -0.05) is 18.2 Å². The van der Waals surface area contributed by atoms with Crippen LogP contribution >= 0.6 is 0 Å². The molecule has 0 saturated heterocycles. The molecule has 0 radical (unpaired) electrons. The van der Waals surface area contributed by atoms with Crippen molar-refractivity contribution in [3.8, 4) is 0 Å². The molecule has 1 heterocycles. The van der Waals surface area contributed by atoms with E-state index in [-0.39, 0.29) is 6.42 Å². The summed E-state index contributed by atoms with van der Waals surface area (Å²) < 4.78 is 5.37. The molecule has 0 atom stereocenters. The molecule has 0 fully saturated rings. The van der Waals surface area contributed by atoms with Gasteiger partial charge in [-0.15, -0.1) is 0 Å². The lowest BCUT2D eigenvalue weighted by atomic mass is 9.99. The Balaban J connectivity index is 2.02. The van der Waals surface area contributed by atoms with Crippen molar-refractivity contribution in [2.24, 2.45) is 0 Å². The van der Waals surface area contributed by atoms with Crippen molar-refractivity contribution in [1.82, 2.24) is 0 Å². The van der Waals surface area contributed by atoms with E-state index >= 15 is 0 Å². The van der Waals surface area contributed by atoms with E-state index < -0.39 is 5.97 Å². The molecule has 1 aliphatic heterocycles. The molecule has 1 aromatic carbocycles. The third kappa shape index (κ3) is 2.36. The van der Waals surface area contributed by atoms with Crippen LogP contribution in [0.2, 0.25) is 0 Å². The maximum absolute atomic E-state index is 10.4. The minimum absolute atomic E-state index is 0.241. The van der Waals surface area contributed by atoms with Crippen LogP contribution in [0.1, 0.15) is 29.5 Å². The lowest BCUT2D eigenvalue weighted by molar-refractivity contribution is -0.137.